The fourth-order valence-electron chi connectivity index (χ4n) is 2.95. The van der Waals surface area contributed by atoms with Crippen LogP contribution in [0.15, 0.2) is 55.0 Å². The molecule has 0 unspecified atom stereocenters. The van der Waals surface area contributed by atoms with Gasteiger partial charge in [0, 0.05) is 42.8 Å². The first-order valence-corrected chi connectivity index (χ1v) is 11.6. The molecule has 3 aromatic rings. The molecule has 0 saturated carbocycles. The Kier molecular flexibility index (Phi) is 8.64. The van der Waals surface area contributed by atoms with Crippen molar-refractivity contribution in [3.05, 3.63) is 66.0 Å². The Labute approximate surface area is 195 Å². The molecule has 168 valence electrons. The summed E-state index contributed by atoms with van der Waals surface area (Å²) in [5.41, 5.74) is 1.85. The van der Waals surface area contributed by atoms with Gasteiger partial charge in [0.1, 0.15) is 11.5 Å². The standard InChI is InChI=1S/C22H23ClFN5O2S/c1-2-28(19-15-29(27-22(19)23)18-4-3-11-25-14-18)21(31)10-13-32-12-9-20(30)26-17-7-5-16(24)6-8-17/h3-8,11,14-15H,2,9-10,12-13H2,1H3,(H,26,30). The van der Waals surface area contributed by atoms with Crippen molar-refractivity contribution in [1.82, 2.24) is 14.8 Å². The van der Waals surface area contributed by atoms with E-state index in [1.54, 1.807) is 34.2 Å². The molecule has 0 aliphatic rings. The van der Waals surface area contributed by atoms with Crippen molar-refractivity contribution in [2.75, 3.05) is 28.3 Å². The number of hydrogen-bond acceptors (Lipinski definition) is 5. The minimum atomic E-state index is -0.352. The Balaban J connectivity index is 1.45. The molecule has 10 heteroatoms. The predicted molar refractivity (Wildman–Crippen MR) is 126 cm³/mol. The molecule has 2 aromatic heterocycles. The molecule has 2 heterocycles. The second kappa shape index (κ2) is 11.6. The Bertz CT molecular complexity index is 1050. The number of nitrogens with one attached hydrogen (secondary N) is 1. The summed E-state index contributed by atoms with van der Waals surface area (Å²) in [5, 5.41) is 7.24. The number of benzene rings is 1. The summed E-state index contributed by atoms with van der Waals surface area (Å²) in [4.78, 5) is 30.4. The van der Waals surface area contributed by atoms with Crippen LogP contribution >= 0.6 is 23.4 Å². The van der Waals surface area contributed by atoms with Crippen LogP contribution in [0.2, 0.25) is 5.15 Å². The van der Waals surface area contributed by atoms with E-state index < -0.39 is 0 Å². The molecule has 0 aliphatic carbocycles. The molecule has 0 radical (unpaired) electrons. The monoisotopic (exact) mass is 475 g/mol. The van der Waals surface area contributed by atoms with Crippen molar-refractivity contribution in [2.24, 2.45) is 0 Å². The zero-order valence-corrected chi connectivity index (χ0v) is 19.1. The van der Waals surface area contributed by atoms with Gasteiger partial charge in [0.25, 0.3) is 0 Å². The lowest BCUT2D eigenvalue weighted by atomic mass is 10.3. The second-order valence-electron chi connectivity index (χ2n) is 6.77. The Morgan fingerprint density at radius 3 is 2.62 bits per heavy atom. The van der Waals surface area contributed by atoms with Gasteiger partial charge in [0.2, 0.25) is 11.8 Å². The molecular formula is C22H23ClFN5O2S. The van der Waals surface area contributed by atoms with Gasteiger partial charge < -0.3 is 10.2 Å². The lowest BCUT2D eigenvalue weighted by Crippen LogP contribution is -2.30. The predicted octanol–water partition coefficient (Wildman–Crippen LogP) is 4.56. The van der Waals surface area contributed by atoms with E-state index in [0.29, 0.717) is 42.3 Å². The van der Waals surface area contributed by atoms with E-state index in [4.69, 9.17) is 11.6 Å². The fourth-order valence-corrected chi connectivity index (χ4v) is 4.03. The average molecular weight is 476 g/mol. The molecule has 2 amide bonds. The zero-order chi connectivity index (χ0) is 22.9. The molecule has 1 N–H and O–H groups in total. The highest BCUT2D eigenvalue weighted by Crippen LogP contribution is 2.26. The highest BCUT2D eigenvalue weighted by molar-refractivity contribution is 7.99. The molecule has 0 fully saturated rings. The SMILES string of the molecule is CCN(C(=O)CCSCCC(=O)Nc1ccc(F)cc1)c1cn(-c2cccnc2)nc1Cl. The lowest BCUT2D eigenvalue weighted by molar-refractivity contribution is -0.118. The van der Waals surface area contributed by atoms with Gasteiger partial charge in [0.05, 0.1) is 18.1 Å². The molecule has 0 bridgehead atoms. The summed E-state index contributed by atoms with van der Waals surface area (Å²) in [5.74, 6) is 0.582. The van der Waals surface area contributed by atoms with E-state index in [1.165, 1.54) is 36.0 Å². The van der Waals surface area contributed by atoms with Gasteiger partial charge in [-0.15, -0.1) is 0 Å². The van der Waals surface area contributed by atoms with Crippen molar-refractivity contribution >= 4 is 46.6 Å². The molecule has 0 aliphatic heterocycles. The third-order valence-electron chi connectivity index (χ3n) is 4.53. The minimum Gasteiger partial charge on any atom is -0.326 e. The number of amides is 2. The summed E-state index contributed by atoms with van der Waals surface area (Å²) in [6.45, 7) is 2.34. The van der Waals surface area contributed by atoms with Gasteiger partial charge in [-0.1, -0.05) is 11.6 Å². The van der Waals surface area contributed by atoms with E-state index in [1.807, 2.05) is 13.0 Å². The highest BCUT2D eigenvalue weighted by atomic mass is 35.5. The Morgan fingerprint density at radius 1 is 1.19 bits per heavy atom. The van der Waals surface area contributed by atoms with Crippen molar-refractivity contribution in [3.63, 3.8) is 0 Å². The van der Waals surface area contributed by atoms with E-state index in [9.17, 15) is 14.0 Å². The molecule has 0 spiro atoms. The third kappa shape index (κ3) is 6.54. The van der Waals surface area contributed by atoms with Gasteiger partial charge >= 0.3 is 0 Å². The fraction of sp³-hybridized carbons (Fsp3) is 0.273. The lowest BCUT2D eigenvalue weighted by Gasteiger charge is -2.19. The van der Waals surface area contributed by atoms with Crippen LogP contribution in [0.4, 0.5) is 15.8 Å². The number of carbonyl (C=O) groups is 2. The van der Waals surface area contributed by atoms with E-state index in [0.717, 1.165) is 5.69 Å². The topological polar surface area (TPSA) is 80.1 Å². The van der Waals surface area contributed by atoms with Gasteiger partial charge in [-0.2, -0.15) is 16.9 Å². The molecule has 3 rings (SSSR count). The summed E-state index contributed by atoms with van der Waals surface area (Å²) < 4.78 is 14.5. The largest absolute Gasteiger partial charge is 0.326 e. The normalized spacial score (nSPS) is 10.7. The van der Waals surface area contributed by atoms with Crippen LogP contribution in [0, 0.1) is 5.82 Å². The quantitative estimate of drug-likeness (QED) is 0.434. The van der Waals surface area contributed by atoms with Crippen LogP contribution < -0.4 is 10.2 Å². The van der Waals surface area contributed by atoms with E-state index in [-0.39, 0.29) is 22.8 Å². The van der Waals surface area contributed by atoms with Crippen LogP contribution in [0.5, 0.6) is 0 Å². The summed E-state index contributed by atoms with van der Waals surface area (Å²) in [7, 11) is 0. The van der Waals surface area contributed by atoms with E-state index in [2.05, 4.69) is 15.4 Å². The van der Waals surface area contributed by atoms with Gasteiger partial charge in [-0.05, 0) is 43.3 Å². The smallest absolute Gasteiger partial charge is 0.227 e. The summed E-state index contributed by atoms with van der Waals surface area (Å²) in [6, 6.07) is 9.26. The summed E-state index contributed by atoms with van der Waals surface area (Å²) >= 11 is 7.81. The van der Waals surface area contributed by atoms with Crippen LogP contribution in [-0.4, -0.2) is 44.6 Å². The Morgan fingerprint density at radius 2 is 1.94 bits per heavy atom. The number of nitrogens with zero attached hydrogens (tertiary/aromatic N) is 4. The van der Waals surface area contributed by atoms with Crippen molar-refractivity contribution in [3.8, 4) is 5.69 Å². The van der Waals surface area contributed by atoms with Crippen LogP contribution in [0.1, 0.15) is 19.8 Å². The van der Waals surface area contributed by atoms with Gasteiger partial charge in [-0.25, -0.2) is 9.07 Å². The van der Waals surface area contributed by atoms with Crippen LogP contribution in [0.3, 0.4) is 0 Å². The Hall–Kier alpha value is -2.91. The minimum absolute atomic E-state index is 0.0663. The maximum absolute atomic E-state index is 12.9. The number of aromatic nitrogens is 3. The van der Waals surface area contributed by atoms with Crippen LogP contribution in [0.25, 0.3) is 5.69 Å². The van der Waals surface area contributed by atoms with Crippen molar-refractivity contribution in [2.45, 2.75) is 19.8 Å². The zero-order valence-electron chi connectivity index (χ0n) is 17.5. The summed E-state index contributed by atoms with van der Waals surface area (Å²) in [6.07, 6.45) is 5.66. The first-order chi connectivity index (χ1) is 15.5. The average Bonchev–Trinajstić information content (AvgIpc) is 3.17. The number of rotatable bonds is 10. The number of halogens is 2. The molecule has 0 atom stereocenters. The molecule has 0 saturated heterocycles. The molecule has 32 heavy (non-hydrogen) atoms. The molecular weight excluding hydrogens is 453 g/mol. The number of pyridine rings is 1. The highest BCUT2D eigenvalue weighted by Gasteiger charge is 2.20. The van der Waals surface area contributed by atoms with Gasteiger partial charge in [0.15, 0.2) is 5.15 Å². The number of hydrogen-bond donors (Lipinski definition) is 1. The molecule has 1 aromatic carbocycles. The van der Waals surface area contributed by atoms with E-state index >= 15 is 0 Å². The number of anilines is 2. The van der Waals surface area contributed by atoms with Crippen molar-refractivity contribution in [1.29, 1.82) is 0 Å². The van der Waals surface area contributed by atoms with Crippen LogP contribution in [-0.2, 0) is 9.59 Å². The maximum Gasteiger partial charge on any atom is 0.227 e. The van der Waals surface area contributed by atoms with Crippen molar-refractivity contribution < 1.29 is 14.0 Å². The number of thioether (sulfide) groups is 1. The first kappa shape index (κ1) is 23.7. The number of carbonyl (C=O) groups excluding carboxylic acids is 2. The second-order valence-corrected chi connectivity index (χ2v) is 8.35. The maximum atomic E-state index is 12.9. The van der Waals surface area contributed by atoms with Gasteiger partial charge in [-0.3, -0.25) is 14.6 Å². The third-order valence-corrected chi connectivity index (χ3v) is 5.79. The molecule has 7 nitrogen and oxygen atoms in total. The first-order valence-electron chi connectivity index (χ1n) is 10.1.